The molecule has 87 heavy (non-hydrogen) atoms. The third-order valence-electron chi connectivity index (χ3n) is 11.6. The zero-order valence-electron chi connectivity index (χ0n) is 51.6. The first-order valence-electron chi connectivity index (χ1n) is 27.7. The molecule has 0 saturated carbocycles. The fraction of sp³-hybridized carbons (Fsp3) is 0.632. The summed E-state index contributed by atoms with van der Waals surface area (Å²) in [6.45, 7) is 28.0. The molecule has 0 bridgehead atoms. The van der Waals surface area contributed by atoms with E-state index < -0.39 is 56.2 Å². The second-order valence-corrected chi connectivity index (χ2v) is 26.3. The second-order valence-electron chi connectivity index (χ2n) is 22.2. The van der Waals surface area contributed by atoms with E-state index in [1.165, 1.54) is 18.7 Å². The van der Waals surface area contributed by atoms with E-state index >= 15 is 0 Å². The Morgan fingerprint density at radius 3 is 1.46 bits per heavy atom. The first-order chi connectivity index (χ1) is 39.6. The van der Waals surface area contributed by atoms with E-state index in [4.69, 9.17) is 54.0 Å². The number of carbonyl (C=O) groups excluding carboxylic acids is 4. The van der Waals surface area contributed by atoms with E-state index in [0.29, 0.717) is 47.4 Å². The molecule has 4 heterocycles. The first kappa shape index (κ1) is 78.3. The number of aliphatic hydroxyl groups excluding tert-OH is 1. The number of hydrogen-bond donors (Lipinski definition) is 5. The Balaban J connectivity index is 0.000000728. The Hall–Kier alpha value is -6.69. The number of imidazole rings is 2. The average molecular weight is 1260 g/mol. The smallest absolute Gasteiger partial charge is 0.342 e. The number of aliphatic hydroxyl groups is 1. The monoisotopic (exact) mass is 1260 g/mol. The van der Waals surface area contributed by atoms with E-state index in [2.05, 4.69) is 40.1 Å². The van der Waals surface area contributed by atoms with Gasteiger partial charge >= 0.3 is 31.4 Å². The minimum Gasteiger partial charge on any atom is -0.463 e. The van der Waals surface area contributed by atoms with Crippen molar-refractivity contribution in [2.75, 3.05) is 37.4 Å². The first-order valence-corrected chi connectivity index (χ1v) is 31.4. The Morgan fingerprint density at radius 2 is 1.05 bits per heavy atom. The number of fused-ring (bicyclic) bond motifs is 2. The minimum atomic E-state index is -3.84. The van der Waals surface area contributed by atoms with Crippen LogP contribution in [-0.2, 0) is 74.3 Å². The van der Waals surface area contributed by atoms with Crippen molar-refractivity contribution in [3.8, 4) is 11.8 Å². The molecule has 0 saturated heterocycles. The van der Waals surface area contributed by atoms with Crippen LogP contribution >= 0.6 is 15.0 Å². The molecule has 4 aromatic heterocycles. The van der Waals surface area contributed by atoms with Crippen LogP contribution in [0.3, 0.4) is 0 Å². The molecular formula is C57H95N13O15P2. The van der Waals surface area contributed by atoms with Crippen molar-refractivity contribution < 1.29 is 70.9 Å². The van der Waals surface area contributed by atoms with Gasteiger partial charge in [-0.25, -0.2) is 40.1 Å². The van der Waals surface area contributed by atoms with Crippen molar-refractivity contribution in [3.05, 3.63) is 55.1 Å². The van der Waals surface area contributed by atoms with Crippen molar-refractivity contribution in [2.24, 2.45) is 11.8 Å². The van der Waals surface area contributed by atoms with Crippen LogP contribution < -0.4 is 26.2 Å². The summed E-state index contributed by atoms with van der Waals surface area (Å²) < 4.78 is 75.4. The molecule has 0 aliphatic carbocycles. The maximum atomic E-state index is 13.9. The van der Waals surface area contributed by atoms with Crippen LogP contribution in [0.5, 0.6) is 5.75 Å². The topological polar surface area (TPSA) is 384 Å². The van der Waals surface area contributed by atoms with Crippen molar-refractivity contribution >= 4 is 72.9 Å². The van der Waals surface area contributed by atoms with Crippen molar-refractivity contribution in [1.29, 1.82) is 5.26 Å². The van der Waals surface area contributed by atoms with Crippen molar-refractivity contribution in [3.63, 3.8) is 0 Å². The lowest BCUT2D eigenvalue weighted by Crippen LogP contribution is -2.48. The molecule has 0 aliphatic heterocycles. The predicted molar refractivity (Wildman–Crippen MR) is 331 cm³/mol. The SMILES string of the molecule is C.C.CC(C)OC(=O)C(C)(C)NP(=O)(CO[C@H](C)Cn1cnc2c(N)ncnc21)Oc1cccc(C#N)c1.CC(C)OC(=O)[C@@H](C)CCO.CC(C)OC(=O)[C@@H](C)CCOP(=O)(CO[C@H](C)Cn1cnc2c(N)ncnc21)NC(C)(C)C(=O)OC(C)C. The van der Waals surface area contributed by atoms with Gasteiger partial charge in [-0.3, -0.25) is 28.3 Å². The van der Waals surface area contributed by atoms with Gasteiger partial charge in [0.05, 0.1) is 92.4 Å². The highest BCUT2D eigenvalue weighted by Crippen LogP contribution is 2.47. The highest BCUT2D eigenvalue weighted by molar-refractivity contribution is 7.57. The lowest BCUT2D eigenvalue weighted by atomic mass is 10.1. The fourth-order valence-electron chi connectivity index (χ4n) is 7.32. The van der Waals surface area contributed by atoms with Crippen molar-refractivity contribution in [2.45, 2.75) is 199 Å². The van der Waals surface area contributed by atoms with Gasteiger partial charge in [0.2, 0.25) is 0 Å². The van der Waals surface area contributed by atoms with Gasteiger partial charge < -0.3 is 63.2 Å². The normalized spacial score (nSPS) is 14.3. The Labute approximate surface area is 511 Å². The highest BCUT2D eigenvalue weighted by atomic mass is 31.2. The maximum absolute atomic E-state index is 13.9. The number of esters is 4. The Kier molecular flexibility index (Phi) is 32.4. The summed E-state index contributed by atoms with van der Waals surface area (Å²) in [5.41, 5.74) is 11.4. The molecule has 0 amide bonds. The number of carbonyl (C=O) groups is 4. The minimum absolute atomic E-state index is 0. The Morgan fingerprint density at radius 1 is 0.632 bits per heavy atom. The van der Waals surface area contributed by atoms with E-state index in [1.807, 2.05) is 19.9 Å². The molecule has 0 radical (unpaired) electrons. The number of nitrogens with one attached hydrogen (secondary N) is 2. The van der Waals surface area contributed by atoms with Gasteiger partial charge in [-0.15, -0.1) is 0 Å². The highest BCUT2D eigenvalue weighted by Gasteiger charge is 2.41. The van der Waals surface area contributed by atoms with Crippen LogP contribution in [-0.4, -0.2) is 142 Å². The van der Waals surface area contributed by atoms with Crippen LogP contribution in [0.15, 0.2) is 49.6 Å². The van der Waals surface area contributed by atoms with E-state index in [-0.39, 0.29) is 107 Å². The van der Waals surface area contributed by atoms with Gasteiger partial charge in [-0.05, 0) is 128 Å². The zero-order chi connectivity index (χ0) is 64.0. The fourth-order valence-corrected chi connectivity index (χ4v) is 11.3. The molecular weight excluding hydrogens is 1170 g/mol. The standard InChI is InChI=1S/C24H41N6O7P.C23H30N7O5P.C8H16O3.2CH4/c1-15(2)36-22(31)17(5)9-10-35-38(33,29-24(7,8)23(32)37-16(3)4)14-34-18(6)11-30-13-28-19-20(25)26-12-27-21(19)30;1-15(2)34-22(31)23(4,5)29-36(32,35-18-8-6-7-17(9-18)10-24)14-33-16(3)11-30-13-28-19-20(25)26-12-27-21(19)30;1-6(2)11-8(10)7(3)4-5-9;;/h12-13,15-18H,9-11,14H2,1-8H3,(H,29,33)(H2,25,26,27);6-9,12-13,15-16H,11,14H2,1-5H3,(H,29,32)(H2,25,26,27);6-7,9H,4-5H2,1-3H3;2*1H4/t17-,18+,38?;16-,36?;7-;;/m010../s1. The van der Waals surface area contributed by atoms with E-state index in [9.17, 15) is 33.6 Å². The Bertz CT molecular complexity index is 3110. The summed E-state index contributed by atoms with van der Waals surface area (Å²) in [5.74, 6) is -1.69. The molecule has 0 spiro atoms. The molecule has 488 valence electrons. The number of nitrogens with two attached hydrogens (primary N) is 2. The van der Waals surface area contributed by atoms with Crippen LogP contribution in [0, 0.1) is 23.2 Å². The number of anilines is 2. The largest absolute Gasteiger partial charge is 0.463 e. The van der Waals surface area contributed by atoms with Gasteiger partial charge in [-0.1, -0.05) is 34.8 Å². The number of ether oxygens (including phenoxy) is 6. The van der Waals surface area contributed by atoms with Crippen molar-refractivity contribution in [1.82, 2.24) is 49.2 Å². The quantitative estimate of drug-likeness (QED) is 0.0163. The molecule has 1 aromatic carbocycles. The van der Waals surface area contributed by atoms with Gasteiger partial charge in [0.1, 0.15) is 53.2 Å². The summed E-state index contributed by atoms with van der Waals surface area (Å²) in [7, 11) is -7.59. The summed E-state index contributed by atoms with van der Waals surface area (Å²) in [6, 6.07) is 8.24. The van der Waals surface area contributed by atoms with Crippen LogP contribution in [0.25, 0.3) is 22.3 Å². The third-order valence-corrected chi connectivity index (χ3v) is 15.5. The molecule has 0 fully saturated rings. The molecule has 5 aromatic rings. The lowest BCUT2D eigenvalue weighted by Gasteiger charge is -2.31. The molecule has 0 aliphatic rings. The average Bonchev–Trinajstić information content (AvgIpc) is 2.17. The van der Waals surface area contributed by atoms with E-state index in [1.54, 1.807) is 137 Å². The molecule has 5 rings (SSSR count). The number of benzene rings is 1. The van der Waals surface area contributed by atoms with Crippen LogP contribution in [0.4, 0.5) is 11.6 Å². The summed E-state index contributed by atoms with van der Waals surface area (Å²) in [4.78, 5) is 73.2. The number of nitrogens with zero attached hydrogens (tertiary/aromatic N) is 9. The van der Waals surface area contributed by atoms with E-state index in [0.717, 1.165) is 0 Å². The zero-order valence-corrected chi connectivity index (χ0v) is 53.4. The lowest BCUT2D eigenvalue weighted by molar-refractivity contribution is -0.154. The number of hydrogen-bond acceptors (Lipinski definition) is 24. The van der Waals surface area contributed by atoms with Gasteiger partial charge in [0.15, 0.2) is 22.9 Å². The molecule has 30 heteroatoms. The second kappa shape index (κ2) is 36.0. The number of rotatable bonds is 30. The third kappa shape index (κ3) is 26.3. The molecule has 7 N–H and O–H groups in total. The van der Waals surface area contributed by atoms with Gasteiger partial charge in [-0.2, -0.15) is 5.26 Å². The number of nitriles is 1. The summed E-state index contributed by atoms with van der Waals surface area (Å²) in [6.07, 6.45) is 3.99. The maximum Gasteiger partial charge on any atom is 0.342 e. The van der Waals surface area contributed by atoms with Gasteiger partial charge in [0, 0.05) is 6.61 Å². The van der Waals surface area contributed by atoms with Crippen LogP contribution in [0.2, 0.25) is 0 Å². The molecule has 2 unspecified atom stereocenters. The van der Waals surface area contributed by atoms with Crippen LogP contribution in [0.1, 0.15) is 144 Å². The number of aromatic nitrogens is 8. The van der Waals surface area contributed by atoms with Gasteiger partial charge in [0.25, 0.3) is 7.52 Å². The molecule has 28 nitrogen and oxygen atoms in total. The summed E-state index contributed by atoms with van der Waals surface area (Å²) >= 11 is 0. The predicted octanol–water partition coefficient (Wildman–Crippen LogP) is 8.74. The number of nitrogen functional groups attached to an aromatic ring is 2. The summed E-state index contributed by atoms with van der Waals surface area (Å²) in [5, 5.41) is 23.3. The molecule has 6 atom stereocenters.